The Morgan fingerprint density at radius 1 is 1.12 bits per heavy atom. The molecule has 2 aromatic heterocycles. The summed E-state index contributed by atoms with van der Waals surface area (Å²) in [6, 6.07) is 13.1. The first-order valence-corrected chi connectivity index (χ1v) is 8.21. The number of hydrazone groups is 1. The van der Waals surface area contributed by atoms with Crippen LogP contribution < -0.4 is 5.43 Å². The summed E-state index contributed by atoms with van der Waals surface area (Å²) in [6.07, 6.45) is 1.56. The second kappa shape index (κ2) is 6.31. The van der Waals surface area contributed by atoms with Crippen molar-refractivity contribution < 1.29 is 0 Å². The first-order valence-electron chi connectivity index (χ1n) is 7.45. The number of nitrogens with one attached hydrogen (secondary N) is 1. The molecule has 0 saturated carbocycles. The van der Waals surface area contributed by atoms with Gasteiger partial charge in [0.2, 0.25) is 0 Å². The lowest BCUT2D eigenvalue weighted by atomic mass is 10.2. The molecule has 1 N–H and O–H groups in total. The van der Waals surface area contributed by atoms with Gasteiger partial charge in [0.25, 0.3) is 5.95 Å². The first-order chi connectivity index (χ1) is 12.1. The van der Waals surface area contributed by atoms with E-state index in [4.69, 9.17) is 23.2 Å². The number of para-hydroxylation sites is 1. The Bertz CT molecular complexity index is 1120. The molecule has 0 aliphatic rings. The Balaban J connectivity index is 1.66. The van der Waals surface area contributed by atoms with Gasteiger partial charge in [0, 0.05) is 28.0 Å². The van der Waals surface area contributed by atoms with E-state index in [0.29, 0.717) is 21.6 Å². The van der Waals surface area contributed by atoms with Crippen molar-refractivity contribution in [3.8, 4) is 0 Å². The van der Waals surface area contributed by atoms with Crippen LogP contribution in [0.5, 0.6) is 0 Å². The number of anilines is 1. The molecule has 0 unspecified atom stereocenters. The molecule has 25 heavy (non-hydrogen) atoms. The summed E-state index contributed by atoms with van der Waals surface area (Å²) in [7, 11) is 1.94. The second-order valence-corrected chi connectivity index (χ2v) is 6.26. The number of benzene rings is 2. The third-order valence-corrected chi connectivity index (χ3v) is 4.41. The molecule has 0 radical (unpaired) electrons. The van der Waals surface area contributed by atoms with E-state index in [0.717, 1.165) is 22.1 Å². The van der Waals surface area contributed by atoms with Gasteiger partial charge in [-0.1, -0.05) is 41.4 Å². The van der Waals surface area contributed by atoms with Crippen LogP contribution in [0.3, 0.4) is 0 Å². The predicted molar refractivity (Wildman–Crippen MR) is 101 cm³/mol. The molecule has 0 aliphatic carbocycles. The highest BCUT2D eigenvalue weighted by Crippen LogP contribution is 2.25. The summed E-state index contributed by atoms with van der Waals surface area (Å²) in [6.45, 7) is 0. The van der Waals surface area contributed by atoms with Crippen LogP contribution in [0, 0.1) is 0 Å². The summed E-state index contributed by atoms with van der Waals surface area (Å²) >= 11 is 12.1. The minimum Gasteiger partial charge on any atom is -0.327 e. The number of aromatic nitrogens is 4. The third-order valence-electron chi connectivity index (χ3n) is 3.83. The first kappa shape index (κ1) is 15.8. The average molecular weight is 371 g/mol. The molecule has 0 spiro atoms. The lowest BCUT2D eigenvalue weighted by Crippen LogP contribution is -2.01. The van der Waals surface area contributed by atoms with Crippen molar-refractivity contribution in [3.63, 3.8) is 0 Å². The fourth-order valence-electron chi connectivity index (χ4n) is 2.63. The molecule has 0 bridgehead atoms. The molecule has 2 heterocycles. The molecule has 8 heteroatoms. The predicted octanol–water partition coefficient (Wildman–Crippen LogP) is 4.27. The molecule has 0 amide bonds. The number of rotatable bonds is 3. The van der Waals surface area contributed by atoms with Gasteiger partial charge in [0.15, 0.2) is 5.65 Å². The number of hydrogen-bond donors (Lipinski definition) is 1. The number of fused-ring (bicyclic) bond motifs is 3. The normalized spacial score (nSPS) is 11.6. The van der Waals surface area contributed by atoms with Crippen molar-refractivity contribution in [3.05, 3.63) is 58.1 Å². The van der Waals surface area contributed by atoms with Crippen molar-refractivity contribution in [1.29, 1.82) is 0 Å². The van der Waals surface area contributed by atoms with Gasteiger partial charge < -0.3 is 4.57 Å². The Labute approximate surface area is 153 Å². The van der Waals surface area contributed by atoms with E-state index in [2.05, 4.69) is 25.7 Å². The van der Waals surface area contributed by atoms with Crippen LogP contribution in [0.15, 0.2) is 47.6 Å². The summed E-state index contributed by atoms with van der Waals surface area (Å²) in [5.41, 5.74) is 6.00. The van der Waals surface area contributed by atoms with Gasteiger partial charge in [0.1, 0.15) is 5.52 Å². The van der Waals surface area contributed by atoms with Gasteiger partial charge in [-0.25, -0.2) is 5.43 Å². The number of hydrogen-bond acceptors (Lipinski definition) is 5. The maximum atomic E-state index is 6.10. The van der Waals surface area contributed by atoms with Gasteiger partial charge >= 0.3 is 0 Å². The zero-order chi connectivity index (χ0) is 17.4. The van der Waals surface area contributed by atoms with E-state index in [1.54, 1.807) is 24.4 Å². The van der Waals surface area contributed by atoms with Gasteiger partial charge in [-0.15, -0.1) is 10.2 Å². The lowest BCUT2D eigenvalue weighted by Gasteiger charge is -2.00. The summed E-state index contributed by atoms with van der Waals surface area (Å²) < 4.78 is 1.97. The van der Waals surface area contributed by atoms with Crippen molar-refractivity contribution in [1.82, 2.24) is 19.7 Å². The quantitative estimate of drug-likeness (QED) is 0.431. The van der Waals surface area contributed by atoms with Gasteiger partial charge in [-0.05, 0) is 24.3 Å². The largest absolute Gasteiger partial charge is 0.327 e. The van der Waals surface area contributed by atoms with Crippen molar-refractivity contribution in [2.45, 2.75) is 0 Å². The molecule has 0 atom stereocenters. The Hall–Kier alpha value is -2.70. The maximum absolute atomic E-state index is 6.10. The topological polar surface area (TPSA) is 68.0 Å². The molecule has 0 aliphatic heterocycles. The highest BCUT2D eigenvalue weighted by Gasteiger charge is 2.11. The maximum Gasteiger partial charge on any atom is 0.265 e. The highest BCUT2D eigenvalue weighted by atomic mass is 35.5. The second-order valence-electron chi connectivity index (χ2n) is 5.42. The summed E-state index contributed by atoms with van der Waals surface area (Å²) in [4.78, 5) is 4.49. The van der Waals surface area contributed by atoms with Crippen LogP contribution in [0.1, 0.15) is 5.56 Å². The molecule has 0 saturated heterocycles. The highest BCUT2D eigenvalue weighted by molar-refractivity contribution is 6.35. The van der Waals surface area contributed by atoms with Crippen LogP contribution >= 0.6 is 23.2 Å². The van der Waals surface area contributed by atoms with Crippen LogP contribution in [0.25, 0.3) is 22.1 Å². The SMILES string of the molecule is Cn1c2ccccc2c2nnc(N/N=C\c3cc(Cl)ccc3Cl)nc21. The minimum absolute atomic E-state index is 0.299. The zero-order valence-corrected chi connectivity index (χ0v) is 14.6. The van der Waals surface area contributed by atoms with E-state index in [1.165, 1.54) is 0 Å². The monoisotopic (exact) mass is 370 g/mol. The lowest BCUT2D eigenvalue weighted by molar-refractivity contribution is 0.949. The third kappa shape index (κ3) is 2.90. The zero-order valence-electron chi connectivity index (χ0n) is 13.1. The molecule has 4 aromatic rings. The minimum atomic E-state index is 0.299. The Kier molecular flexibility index (Phi) is 3.99. The van der Waals surface area contributed by atoms with Gasteiger partial charge in [-0.2, -0.15) is 10.1 Å². The number of aryl methyl sites for hydroxylation is 1. The van der Waals surface area contributed by atoms with E-state index in [-0.39, 0.29) is 0 Å². The Morgan fingerprint density at radius 3 is 2.84 bits per heavy atom. The summed E-state index contributed by atoms with van der Waals surface area (Å²) in [5, 5.41) is 14.6. The number of halogens is 2. The molecule has 0 fully saturated rings. The Morgan fingerprint density at radius 2 is 1.96 bits per heavy atom. The van der Waals surface area contributed by atoms with Crippen molar-refractivity contribution in [2.24, 2.45) is 12.1 Å². The molecular weight excluding hydrogens is 359 g/mol. The number of nitrogens with zero attached hydrogens (tertiary/aromatic N) is 5. The smallest absolute Gasteiger partial charge is 0.265 e. The fourth-order valence-corrected chi connectivity index (χ4v) is 2.97. The van der Waals surface area contributed by atoms with Crippen LogP contribution in [-0.4, -0.2) is 26.0 Å². The van der Waals surface area contributed by atoms with E-state index in [1.807, 2.05) is 35.9 Å². The molecule has 124 valence electrons. The molecule has 6 nitrogen and oxygen atoms in total. The van der Waals surface area contributed by atoms with Gasteiger partial charge in [0.05, 0.1) is 11.7 Å². The summed E-state index contributed by atoms with van der Waals surface area (Å²) in [5.74, 6) is 0.299. The van der Waals surface area contributed by atoms with E-state index < -0.39 is 0 Å². The van der Waals surface area contributed by atoms with Gasteiger partial charge in [-0.3, -0.25) is 0 Å². The standard InChI is InChI=1S/C17H12Cl2N6/c1-25-14-5-3-2-4-12(14)15-16(25)21-17(24-22-15)23-20-9-10-8-11(18)6-7-13(10)19/h2-9H,1H3,(H,21,23,24)/b20-9-. The van der Waals surface area contributed by atoms with E-state index in [9.17, 15) is 0 Å². The van der Waals surface area contributed by atoms with Crippen LogP contribution in [0.2, 0.25) is 10.0 Å². The van der Waals surface area contributed by atoms with Crippen LogP contribution in [0.4, 0.5) is 5.95 Å². The fraction of sp³-hybridized carbons (Fsp3) is 0.0588. The molecular formula is C17H12Cl2N6. The average Bonchev–Trinajstić information content (AvgIpc) is 2.91. The van der Waals surface area contributed by atoms with Crippen molar-refractivity contribution in [2.75, 3.05) is 5.43 Å². The van der Waals surface area contributed by atoms with Crippen LogP contribution in [-0.2, 0) is 7.05 Å². The molecule has 4 rings (SSSR count). The molecule has 2 aromatic carbocycles. The van der Waals surface area contributed by atoms with Crippen molar-refractivity contribution >= 4 is 57.4 Å². The van der Waals surface area contributed by atoms with E-state index >= 15 is 0 Å².